The number of alkyl halides is 3. The van der Waals surface area contributed by atoms with Crippen LogP contribution in [-0.4, -0.2) is 72.5 Å². The molecular weight excluding hydrogens is 491 g/mol. The first-order chi connectivity index (χ1) is 14.9. The summed E-state index contributed by atoms with van der Waals surface area (Å²) in [7, 11) is 2.77. The van der Waals surface area contributed by atoms with E-state index in [4.69, 9.17) is 53.8 Å². The smallest absolute Gasteiger partial charge is 0.411 e. The topological polar surface area (TPSA) is 120 Å². The lowest BCUT2D eigenvalue weighted by molar-refractivity contribution is -0.132. The molecule has 1 aliphatic rings. The van der Waals surface area contributed by atoms with Gasteiger partial charge in [0.15, 0.2) is 17.3 Å². The van der Waals surface area contributed by atoms with Crippen LogP contribution in [0.25, 0.3) is 0 Å². The molecule has 1 saturated heterocycles. The number of nitrogens with one attached hydrogen (secondary N) is 1. The van der Waals surface area contributed by atoms with E-state index in [0.717, 1.165) is 0 Å². The number of carbonyl (C=O) groups excluding carboxylic acids is 4. The summed E-state index contributed by atoms with van der Waals surface area (Å²) in [5.41, 5.74) is -0.115. The number of halogens is 3. The van der Waals surface area contributed by atoms with Crippen molar-refractivity contribution < 1.29 is 38.1 Å². The van der Waals surface area contributed by atoms with Gasteiger partial charge in [0.2, 0.25) is 3.79 Å². The van der Waals surface area contributed by atoms with E-state index in [1.54, 1.807) is 0 Å². The molecule has 0 radical (unpaired) electrons. The quantitative estimate of drug-likeness (QED) is 0.337. The number of hydrogen-bond donors (Lipinski definition) is 1. The molecule has 2 rings (SSSR count). The Morgan fingerprint density at radius 2 is 1.88 bits per heavy atom. The number of hydrogen-bond acceptors (Lipinski definition) is 8. The second-order valence-corrected chi connectivity index (χ2v) is 9.26. The molecule has 0 aliphatic carbocycles. The summed E-state index contributed by atoms with van der Waals surface area (Å²) in [5.74, 6) is -1.38. The number of carbonyl (C=O) groups is 4. The molecule has 0 spiro atoms. The largest absolute Gasteiger partial charge is 0.493 e. The minimum Gasteiger partial charge on any atom is -0.493 e. The van der Waals surface area contributed by atoms with Gasteiger partial charge in [-0.1, -0.05) is 34.8 Å². The lowest BCUT2D eigenvalue weighted by atomic mass is 10.1. The lowest BCUT2D eigenvalue weighted by Gasteiger charge is -2.25. The van der Waals surface area contributed by atoms with Gasteiger partial charge in [-0.15, -0.1) is 0 Å². The maximum atomic E-state index is 13.3. The number of ketones is 1. The molecule has 2 amide bonds. The second kappa shape index (κ2) is 11.0. The van der Waals surface area contributed by atoms with Gasteiger partial charge in [-0.05, 0) is 6.07 Å². The summed E-state index contributed by atoms with van der Waals surface area (Å²) < 4.78 is 18.4. The van der Waals surface area contributed by atoms with Gasteiger partial charge in [0.05, 0.1) is 37.6 Å². The average molecular weight is 512 g/mol. The molecular formula is C19H21Cl3N2O8. The Hall–Kier alpha value is -2.27. The normalized spacial score (nSPS) is 16.0. The Morgan fingerprint density at radius 3 is 2.44 bits per heavy atom. The molecule has 1 fully saturated rings. The van der Waals surface area contributed by atoms with Gasteiger partial charge in [0.1, 0.15) is 6.61 Å². The van der Waals surface area contributed by atoms with Crippen molar-refractivity contribution in [1.82, 2.24) is 4.90 Å². The number of Topliss-reactive ketones (excluding diaryl/α,β-unsaturated/α-hetero) is 1. The Bertz CT molecular complexity index is 903. The zero-order chi connectivity index (χ0) is 24.1. The SMILES string of the molecule is COC[C@H]1CC(=O)CN1C(=O)c1cc(OC)c(OC(C)=O)cc1NC(=O)OCC(Cl)(Cl)Cl. The third-order valence-electron chi connectivity index (χ3n) is 4.26. The van der Waals surface area contributed by atoms with E-state index in [0.29, 0.717) is 0 Å². The third kappa shape index (κ3) is 7.13. The van der Waals surface area contributed by atoms with Crippen molar-refractivity contribution in [3.8, 4) is 11.5 Å². The number of rotatable bonds is 7. The van der Waals surface area contributed by atoms with Crippen molar-refractivity contribution in [2.45, 2.75) is 23.2 Å². The fourth-order valence-corrected chi connectivity index (χ4v) is 3.18. The molecule has 1 aromatic rings. The van der Waals surface area contributed by atoms with Crippen molar-refractivity contribution >= 4 is 64.2 Å². The maximum Gasteiger partial charge on any atom is 0.411 e. The number of methoxy groups -OCH3 is 2. The van der Waals surface area contributed by atoms with E-state index in [-0.39, 0.29) is 48.1 Å². The van der Waals surface area contributed by atoms with Crippen molar-refractivity contribution in [2.75, 3.05) is 39.3 Å². The van der Waals surface area contributed by atoms with Crippen LogP contribution in [0.15, 0.2) is 12.1 Å². The van der Waals surface area contributed by atoms with Gasteiger partial charge in [0.25, 0.3) is 5.91 Å². The second-order valence-electron chi connectivity index (χ2n) is 6.74. The number of ether oxygens (including phenoxy) is 4. The summed E-state index contributed by atoms with van der Waals surface area (Å²) in [6, 6.07) is 2.01. The van der Waals surface area contributed by atoms with E-state index in [2.05, 4.69) is 5.32 Å². The van der Waals surface area contributed by atoms with E-state index < -0.39 is 34.4 Å². The van der Waals surface area contributed by atoms with Crippen molar-refractivity contribution in [3.05, 3.63) is 17.7 Å². The van der Waals surface area contributed by atoms with Crippen molar-refractivity contribution in [3.63, 3.8) is 0 Å². The lowest BCUT2D eigenvalue weighted by Crippen LogP contribution is -2.38. The molecule has 176 valence electrons. The fraction of sp³-hybridized carbons (Fsp3) is 0.474. The average Bonchev–Trinajstić information content (AvgIpc) is 3.05. The molecule has 1 aromatic carbocycles. The summed E-state index contributed by atoms with van der Waals surface area (Å²) >= 11 is 16.7. The first kappa shape index (κ1) is 26.0. The molecule has 0 saturated carbocycles. The molecule has 1 atom stereocenters. The van der Waals surface area contributed by atoms with Gasteiger partial charge in [-0.2, -0.15) is 0 Å². The first-order valence-corrected chi connectivity index (χ1v) is 10.3. The summed E-state index contributed by atoms with van der Waals surface area (Å²) in [6.45, 7) is 0.633. The maximum absolute atomic E-state index is 13.3. The molecule has 1 aliphatic heterocycles. The van der Waals surface area contributed by atoms with Gasteiger partial charge in [-0.25, -0.2) is 4.79 Å². The number of likely N-dealkylation sites (tertiary alicyclic amines) is 1. The summed E-state index contributed by atoms with van der Waals surface area (Å²) in [4.78, 5) is 50.2. The van der Waals surface area contributed by atoms with Crippen LogP contribution in [0, 0.1) is 0 Å². The molecule has 1 N–H and O–H groups in total. The van der Waals surface area contributed by atoms with Crippen molar-refractivity contribution in [1.29, 1.82) is 0 Å². The monoisotopic (exact) mass is 510 g/mol. The highest BCUT2D eigenvalue weighted by molar-refractivity contribution is 6.67. The van der Waals surface area contributed by atoms with Crippen LogP contribution in [0.5, 0.6) is 11.5 Å². The van der Waals surface area contributed by atoms with Crippen LogP contribution in [0.1, 0.15) is 23.7 Å². The predicted octanol–water partition coefficient (Wildman–Crippen LogP) is 2.97. The fourth-order valence-electron chi connectivity index (χ4n) is 3.02. The number of nitrogens with zero attached hydrogens (tertiary/aromatic N) is 1. The highest BCUT2D eigenvalue weighted by atomic mass is 35.6. The summed E-state index contributed by atoms with van der Waals surface area (Å²) in [5, 5.41) is 2.36. The van der Waals surface area contributed by atoms with Crippen LogP contribution in [-0.2, 0) is 19.1 Å². The Balaban J connectivity index is 2.44. The Kier molecular flexibility index (Phi) is 8.97. The van der Waals surface area contributed by atoms with Crippen LogP contribution in [0.2, 0.25) is 0 Å². The van der Waals surface area contributed by atoms with Gasteiger partial charge in [-0.3, -0.25) is 19.7 Å². The molecule has 1 heterocycles. The molecule has 0 unspecified atom stereocenters. The minimum atomic E-state index is -1.85. The molecule has 0 bridgehead atoms. The van der Waals surface area contributed by atoms with E-state index in [1.165, 1.54) is 38.2 Å². The van der Waals surface area contributed by atoms with Crippen molar-refractivity contribution in [2.24, 2.45) is 0 Å². The van der Waals surface area contributed by atoms with E-state index in [1.807, 2.05) is 0 Å². The molecule has 10 nitrogen and oxygen atoms in total. The van der Waals surface area contributed by atoms with Crippen LogP contribution >= 0.6 is 34.8 Å². The number of benzene rings is 1. The highest BCUT2D eigenvalue weighted by Gasteiger charge is 2.36. The zero-order valence-corrected chi connectivity index (χ0v) is 19.7. The summed E-state index contributed by atoms with van der Waals surface area (Å²) in [6.07, 6.45) is -0.897. The highest BCUT2D eigenvalue weighted by Crippen LogP contribution is 2.35. The predicted molar refractivity (Wildman–Crippen MR) is 116 cm³/mol. The Morgan fingerprint density at radius 1 is 1.19 bits per heavy atom. The number of anilines is 1. The minimum absolute atomic E-state index is 0.0422. The standard InChI is InChI=1S/C19H21Cl3N2O8/c1-10(25)32-16-6-14(23-18(28)31-9-19(20,21)22)13(5-15(16)30-3)17(27)24-7-12(26)4-11(24)8-29-2/h5-6,11H,4,7-9H2,1-3H3,(H,23,28)/t11-/m1/s1. The molecule has 0 aromatic heterocycles. The van der Waals surface area contributed by atoms with Gasteiger partial charge in [0, 0.05) is 26.5 Å². The molecule has 13 heteroatoms. The number of amides is 2. The van der Waals surface area contributed by atoms with Crippen LogP contribution < -0.4 is 14.8 Å². The Labute approximate surface area is 198 Å². The van der Waals surface area contributed by atoms with Crippen LogP contribution in [0.3, 0.4) is 0 Å². The van der Waals surface area contributed by atoms with Gasteiger partial charge < -0.3 is 23.8 Å². The van der Waals surface area contributed by atoms with E-state index in [9.17, 15) is 19.2 Å². The molecule has 32 heavy (non-hydrogen) atoms. The van der Waals surface area contributed by atoms with Gasteiger partial charge >= 0.3 is 12.1 Å². The van der Waals surface area contributed by atoms with Crippen LogP contribution in [0.4, 0.5) is 10.5 Å². The van der Waals surface area contributed by atoms with E-state index >= 15 is 0 Å². The zero-order valence-electron chi connectivity index (χ0n) is 17.4. The third-order valence-corrected chi connectivity index (χ3v) is 4.59. The first-order valence-electron chi connectivity index (χ1n) is 9.17. The number of esters is 1.